The van der Waals surface area contributed by atoms with E-state index in [1.807, 2.05) is 0 Å². The van der Waals surface area contributed by atoms with Gasteiger partial charge in [0.05, 0.1) is 32.0 Å². The molecule has 1 heterocycles. The Morgan fingerprint density at radius 2 is 2.21 bits per heavy atom. The van der Waals surface area contributed by atoms with Gasteiger partial charge in [-0.15, -0.1) is 0 Å². The van der Waals surface area contributed by atoms with Crippen LogP contribution in [0.1, 0.15) is 39.5 Å². The summed E-state index contributed by atoms with van der Waals surface area (Å²) in [5, 5.41) is 13.2. The maximum Gasteiger partial charge on any atom is 0.0897 e. The molecule has 1 saturated heterocycles. The number of nitrogens with one attached hydrogen (secondary N) is 1. The third kappa shape index (κ3) is 5.03. The van der Waals surface area contributed by atoms with Crippen LogP contribution >= 0.6 is 0 Å². The van der Waals surface area contributed by atoms with Crippen molar-refractivity contribution in [1.82, 2.24) is 5.32 Å². The minimum absolute atomic E-state index is 0.263. The molecule has 0 aromatic rings. The van der Waals surface area contributed by atoms with E-state index in [1.54, 1.807) is 0 Å². The summed E-state index contributed by atoms with van der Waals surface area (Å²) in [5.41, 5.74) is 0.263. The van der Waals surface area contributed by atoms with Crippen molar-refractivity contribution in [2.45, 2.75) is 51.7 Å². The Labute approximate surface area is 116 Å². The van der Waals surface area contributed by atoms with Gasteiger partial charge in [-0.1, -0.05) is 26.7 Å². The second kappa shape index (κ2) is 7.02. The van der Waals surface area contributed by atoms with Gasteiger partial charge in [0, 0.05) is 18.5 Å². The Bertz CT molecular complexity index is 268. The fourth-order valence-electron chi connectivity index (χ4n) is 2.93. The Morgan fingerprint density at radius 1 is 1.42 bits per heavy atom. The molecule has 0 bridgehead atoms. The van der Waals surface area contributed by atoms with E-state index in [-0.39, 0.29) is 5.41 Å². The first-order valence-electron chi connectivity index (χ1n) is 7.65. The molecule has 19 heavy (non-hydrogen) atoms. The summed E-state index contributed by atoms with van der Waals surface area (Å²) in [7, 11) is 0. The van der Waals surface area contributed by atoms with E-state index in [4.69, 9.17) is 9.47 Å². The second-order valence-corrected chi connectivity index (χ2v) is 6.82. The van der Waals surface area contributed by atoms with Crippen LogP contribution in [0.5, 0.6) is 0 Å². The highest BCUT2D eigenvalue weighted by molar-refractivity contribution is 4.83. The monoisotopic (exact) mass is 271 g/mol. The standard InChI is InChI=1S/C15H29NO3/c1-12-4-3-5-14(6-12)19-8-13(17)7-16-9-15(2)10-18-11-15/h12-14,16-17H,3-11H2,1-2H3. The topological polar surface area (TPSA) is 50.7 Å². The van der Waals surface area contributed by atoms with Gasteiger partial charge in [0.15, 0.2) is 0 Å². The highest BCUT2D eigenvalue weighted by atomic mass is 16.5. The van der Waals surface area contributed by atoms with Gasteiger partial charge in [-0.25, -0.2) is 0 Å². The fourth-order valence-corrected chi connectivity index (χ4v) is 2.93. The van der Waals surface area contributed by atoms with Crippen molar-refractivity contribution in [2.75, 3.05) is 32.9 Å². The Kier molecular flexibility index (Phi) is 5.63. The minimum Gasteiger partial charge on any atom is -0.389 e. The smallest absolute Gasteiger partial charge is 0.0897 e. The van der Waals surface area contributed by atoms with Crippen molar-refractivity contribution >= 4 is 0 Å². The normalized spacial score (nSPS) is 31.7. The second-order valence-electron chi connectivity index (χ2n) is 6.82. The first-order valence-corrected chi connectivity index (χ1v) is 7.65. The van der Waals surface area contributed by atoms with Crippen LogP contribution in [0.2, 0.25) is 0 Å². The number of hydrogen-bond acceptors (Lipinski definition) is 4. The van der Waals surface area contributed by atoms with Gasteiger partial charge in [-0.05, 0) is 18.8 Å². The van der Waals surface area contributed by atoms with Crippen molar-refractivity contribution in [1.29, 1.82) is 0 Å². The van der Waals surface area contributed by atoms with Gasteiger partial charge in [-0.2, -0.15) is 0 Å². The molecule has 4 nitrogen and oxygen atoms in total. The van der Waals surface area contributed by atoms with E-state index in [1.165, 1.54) is 12.8 Å². The summed E-state index contributed by atoms with van der Waals surface area (Å²) in [4.78, 5) is 0. The van der Waals surface area contributed by atoms with Crippen LogP contribution in [0, 0.1) is 11.3 Å². The van der Waals surface area contributed by atoms with Gasteiger partial charge in [0.25, 0.3) is 0 Å². The lowest BCUT2D eigenvalue weighted by Gasteiger charge is -2.38. The van der Waals surface area contributed by atoms with Crippen LogP contribution in [0.25, 0.3) is 0 Å². The summed E-state index contributed by atoms with van der Waals surface area (Å²) >= 11 is 0. The quantitative estimate of drug-likeness (QED) is 0.738. The molecule has 2 aliphatic rings. The summed E-state index contributed by atoms with van der Waals surface area (Å²) in [6, 6.07) is 0. The van der Waals surface area contributed by atoms with Crippen LogP contribution in [-0.4, -0.2) is 50.2 Å². The van der Waals surface area contributed by atoms with E-state index >= 15 is 0 Å². The van der Waals surface area contributed by atoms with Crippen molar-refractivity contribution in [3.63, 3.8) is 0 Å². The van der Waals surface area contributed by atoms with E-state index in [0.29, 0.717) is 19.3 Å². The average molecular weight is 271 g/mol. The molecule has 0 radical (unpaired) electrons. The van der Waals surface area contributed by atoms with Crippen LogP contribution in [-0.2, 0) is 9.47 Å². The molecule has 0 spiro atoms. The molecule has 4 heteroatoms. The molecule has 1 aliphatic heterocycles. The third-order valence-electron chi connectivity index (χ3n) is 4.25. The molecule has 2 N–H and O–H groups in total. The lowest BCUT2D eigenvalue weighted by Crippen LogP contribution is -2.48. The molecule has 2 fully saturated rings. The average Bonchev–Trinajstić information content (AvgIpc) is 2.34. The Hall–Kier alpha value is -0.160. The van der Waals surface area contributed by atoms with Crippen molar-refractivity contribution < 1.29 is 14.6 Å². The molecule has 2 rings (SSSR count). The van der Waals surface area contributed by atoms with Gasteiger partial charge in [-0.3, -0.25) is 0 Å². The predicted octanol–water partition coefficient (Wildman–Crippen LogP) is 1.57. The molecule has 3 unspecified atom stereocenters. The van der Waals surface area contributed by atoms with E-state index in [2.05, 4.69) is 19.2 Å². The molecule has 1 saturated carbocycles. The molecule has 112 valence electrons. The first kappa shape index (κ1) is 15.2. The molecule has 0 aromatic carbocycles. The lowest BCUT2D eigenvalue weighted by molar-refractivity contribution is -0.100. The van der Waals surface area contributed by atoms with Crippen molar-refractivity contribution in [3.05, 3.63) is 0 Å². The minimum atomic E-state index is -0.401. The molecule has 3 atom stereocenters. The van der Waals surface area contributed by atoms with Gasteiger partial charge in [0.1, 0.15) is 0 Å². The summed E-state index contributed by atoms with van der Waals surface area (Å²) in [6.45, 7) is 8.11. The number of ether oxygens (including phenoxy) is 2. The number of aliphatic hydroxyl groups excluding tert-OH is 1. The molecule has 0 amide bonds. The SMILES string of the molecule is CC1CCCC(OCC(O)CNCC2(C)COC2)C1. The Morgan fingerprint density at radius 3 is 2.84 bits per heavy atom. The molecular weight excluding hydrogens is 242 g/mol. The zero-order valence-electron chi connectivity index (χ0n) is 12.4. The van der Waals surface area contributed by atoms with E-state index in [9.17, 15) is 5.11 Å². The predicted molar refractivity (Wildman–Crippen MR) is 75.2 cm³/mol. The van der Waals surface area contributed by atoms with Gasteiger partial charge >= 0.3 is 0 Å². The molecular formula is C15H29NO3. The highest BCUT2D eigenvalue weighted by Crippen LogP contribution is 2.26. The Balaban J connectivity index is 1.52. The van der Waals surface area contributed by atoms with Gasteiger partial charge in [0.2, 0.25) is 0 Å². The zero-order chi connectivity index (χ0) is 13.7. The lowest BCUT2D eigenvalue weighted by atomic mass is 9.88. The van der Waals surface area contributed by atoms with E-state index in [0.717, 1.165) is 38.5 Å². The highest BCUT2D eigenvalue weighted by Gasteiger charge is 2.32. The van der Waals surface area contributed by atoms with Gasteiger partial charge < -0.3 is 19.9 Å². The summed E-state index contributed by atoms with van der Waals surface area (Å²) in [6.07, 6.45) is 4.84. The molecule has 1 aliphatic carbocycles. The maximum absolute atomic E-state index is 9.91. The van der Waals surface area contributed by atoms with Crippen LogP contribution < -0.4 is 5.32 Å². The van der Waals surface area contributed by atoms with Crippen LogP contribution in [0.4, 0.5) is 0 Å². The summed E-state index contributed by atoms with van der Waals surface area (Å²) in [5.74, 6) is 0.771. The maximum atomic E-state index is 9.91. The van der Waals surface area contributed by atoms with Crippen molar-refractivity contribution in [2.24, 2.45) is 11.3 Å². The van der Waals surface area contributed by atoms with Crippen molar-refractivity contribution in [3.8, 4) is 0 Å². The number of rotatable bonds is 7. The number of aliphatic hydroxyl groups is 1. The number of hydrogen-bond donors (Lipinski definition) is 2. The van der Waals surface area contributed by atoms with E-state index < -0.39 is 6.10 Å². The largest absolute Gasteiger partial charge is 0.389 e. The fraction of sp³-hybridized carbons (Fsp3) is 1.00. The third-order valence-corrected chi connectivity index (χ3v) is 4.25. The first-order chi connectivity index (χ1) is 9.07. The van der Waals surface area contributed by atoms with Crippen LogP contribution in [0.3, 0.4) is 0 Å². The summed E-state index contributed by atoms with van der Waals surface area (Å²) < 4.78 is 11.0. The zero-order valence-corrected chi connectivity index (χ0v) is 12.4. The molecule has 0 aromatic heterocycles. The van der Waals surface area contributed by atoms with Crippen LogP contribution in [0.15, 0.2) is 0 Å².